The predicted octanol–water partition coefficient (Wildman–Crippen LogP) is 5.30. The maximum atomic E-state index is 13.7. The fourth-order valence-electron chi connectivity index (χ4n) is 5.07. The van der Waals surface area contributed by atoms with Crippen LogP contribution in [0.15, 0.2) is 95.4 Å². The molecule has 1 aromatic heterocycles. The molecular weight excluding hydrogens is 546 g/mol. The zero-order valence-electron chi connectivity index (χ0n) is 24.9. The number of primary amides is 1. The van der Waals surface area contributed by atoms with Gasteiger partial charge >= 0.3 is 6.09 Å². The first-order valence-electron chi connectivity index (χ1n) is 14.2. The third-order valence-corrected chi connectivity index (χ3v) is 6.86. The highest BCUT2D eigenvalue weighted by Crippen LogP contribution is 2.37. The summed E-state index contributed by atoms with van der Waals surface area (Å²) in [7, 11) is 0. The summed E-state index contributed by atoms with van der Waals surface area (Å²) >= 11 is 0. The highest BCUT2D eigenvalue weighted by Gasteiger charge is 2.38. The van der Waals surface area contributed by atoms with Crippen LogP contribution in [0, 0.1) is 0 Å². The van der Waals surface area contributed by atoms with Crippen LogP contribution in [0.5, 0.6) is 0 Å². The number of amides is 2. The number of carbonyl (C=O) groups is 2. The second-order valence-electron chi connectivity index (χ2n) is 11.3. The highest BCUT2D eigenvalue weighted by atomic mass is 16.6. The second-order valence-corrected chi connectivity index (χ2v) is 11.3. The van der Waals surface area contributed by atoms with Gasteiger partial charge in [0, 0.05) is 6.42 Å². The minimum atomic E-state index is -1.03. The number of nitrogens with one attached hydrogen (secondary N) is 1. The Morgan fingerprint density at radius 3 is 1.74 bits per heavy atom. The number of ether oxygens (including phenoxy) is 2. The van der Waals surface area contributed by atoms with Gasteiger partial charge in [-0.3, -0.25) is 4.79 Å². The van der Waals surface area contributed by atoms with E-state index in [9.17, 15) is 9.59 Å². The zero-order valence-corrected chi connectivity index (χ0v) is 24.9. The van der Waals surface area contributed by atoms with Gasteiger partial charge in [0.15, 0.2) is 0 Å². The standard InChI is InChI=1S/C33H39N5O5/c1-22(43-32(2,3)4)28(41-31(35)40)30-38-37-29(42-30)26(34)20-21-27(39)36-33(23-14-8-5-9-15-23,24-16-10-6-11-17-24)25-18-12-7-13-19-25/h5-19,22,26,28H,20-21,34H2,1-4H3,(H2,35,40)(H,36,39). The molecule has 3 atom stereocenters. The molecule has 0 aliphatic heterocycles. The Hall–Kier alpha value is -4.54. The summed E-state index contributed by atoms with van der Waals surface area (Å²) in [5.41, 5.74) is 13.0. The quantitative estimate of drug-likeness (QED) is 0.189. The largest absolute Gasteiger partial charge is 0.433 e. The summed E-state index contributed by atoms with van der Waals surface area (Å²) in [6, 6.07) is 28.8. The van der Waals surface area contributed by atoms with Crippen molar-refractivity contribution in [3.05, 3.63) is 119 Å². The maximum Gasteiger partial charge on any atom is 0.405 e. The third-order valence-electron chi connectivity index (χ3n) is 6.86. The van der Waals surface area contributed by atoms with Gasteiger partial charge in [-0.1, -0.05) is 91.0 Å². The van der Waals surface area contributed by atoms with E-state index in [4.69, 9.17) is 25.4 Å². The molecule has 43 heavy (non-hydrogen) atoms. The van der Waals surface area contributed by atoms with Crippen LogP contribution in [0.3, 0.4) is 0 Å². The van der Waals surface area contributed by atoms with Gasteiger partial charge in [-0.2, -0.15) is 0 Å². The first-order chi connectivity index (χ1) is 20.5. The maximum absolute atomic E-state index is 13.7. The summed E-state index contributed by atoms with van der Waals surface area (Å²) in [6.45, 7) is 7.32. The number of benzene rings is 3. The molecule has 2 amide bonds. The van der Waals surface area contributed by atoms with Crippen molar-refractivity contribution < 1.29 is 23.5 Å². The van der Waals surface area contributed by atoms with Crippen LogP contribution in [-0.4, -0.2) is 33.9 Å². The van der Waals surface area contributed by atoms with Gasteiger partial charge in [0.25, 0.3) is 5.89 Å². The van der Waals surface area contributed by atoms with E-state index in [0.29, 0.717) is 0 Å². The van der Waals surface area contributed by atoms with Crippen molar-refractivity contribution >= 4 is 12.0 Å². The molecule has 4 rings (SSSR count). The van der Waals surface area contributed by atoms with E-state index in [0.717, 1.165) is 16.7 Å². The van der Waals surface area contributed by atoms with Crippen LogP contribution in [-0.2, 0) is 19.8 Å². The number of nitrogens with zero attached hydrogens (tertiary/aromatic N) is 2. The Labute approximate surface area is 251 Å². The molecule has 3 unspecified atom stereocenters. The fraction of sp³-hybridized carbons (Fsp3) is 0.333. The molecular formula is C33H39N5O5. The van der Waals surface area contributed by atoms with E-state index in [-0.39, 0.29) is 30.5 Å². The first-order valence-corrected chi connectivity index (χ1v) is 14.2. The van der Waals surface area contributed by atoms with Gasteiger partial charge in [-0.05, 0) is 50.8 Å². The Bertz CT molecular complexity index is 1380. The van der Waals surface area contributed by atoms with Crippen LogP contribution in [0.2, 0.25) is 0 Å². The number of rotatable bonds is 12. The number of aromatic nitrogens is 2. The van der Waals surface area contributed by atoms with Crippen molar-refractivity contribution in [3.63, 3.8) is 0 Å². The molecule has 0 saturated heterocycles. The van der Waals surface area contributed by atoms with Gasteiger partial charge in [-0.15, -0.1) is 10.2 Å². The van der Waals surface area contributed by atoms with Crippen molar-refractivity contribution in [1.29, 1.82) is 0 Å². The molecule has 0 aliphatic rings. The molecule has 0 fully saturated rings. The Balaban J connectivity index is 1.54. The lowest BCUT2D eigenvalue weighted by Gasteiger charge is -2.37. The van der Waals surface area contributed by atoms with Crippen LogP contribution in [0.25, 0.3) is 0 Å². The lowest BCUT2D eigenvalue weighted by molar-refractivity contribution is -0.122. The highest BCUT2D eigenvalue weighted by molar-refractivity contribution is 5.79. The number of nitrogens with two attached hydrogens (primary N) is 2. The minimum Gasteiger partial charge on any atom is -0.433 e. The van der Waals surface area contributed by atoms with E-state index in [2.05, 4.69) is 15.5 Å². The molecule has 10 heteroatoms. The van der Waals surface area contributed by atoms with Crippen molar-refractivity contribution in [2.24, 2.45) is 11.5 Å². The topological polar surface area (TPSA) is 156 Å². The molecule has 10 nitrogen and oxygen atoms in total. The lowest BCUT2D eigenvalue weighted by Crippen LogP contribution is -2.47. The molecule has 0 saturated carbocycles. The van der Waals surface area contributed by atoms with Crippen molar-refractivity contribution in [1.82, 2.24) is 15.5 Å². The molecule has 0 aliphatic carbocycles. The molecule has 0 radical (unpaired) electrons. The Morgan fingerprint density at radius 1 is 0.837 bits per heavy atom. The van der Waals surface area contributed by atoms with Crippen molar-refractivity contribution in [3.8, 4) is 0 Å². The van der Waals surface area contributed by atoms with E-state index in [1.807, 2.05) is 112 Å². The van der Waals surface area contributed by atoms with Gasteiger partial charge in [0.05, 0.1) is 11.6 Å². The average Bonchev–Trinajstić information content (AvgIpc) is 3.48. The van der Waals surface area contributed by atoms with Crippen LogP contribution in [0.1, 0.15) is 81.2 Å². The van der Waals surface area contributed by atoms with Crippen molar-refractivity contribution in [2.45, 2.75) is 69.9 Å². The molecule has 3 aromatic carbocycles. The monoisotopic (exact) mass is 585 g/mol. The van der Waals surface area contributed by atoms with Crippen molar-refractivity contribution in [2.75, 3.05) is 0 Å². The summed E-state index contributed by atoms with van der Waals surface area (Å²) in [4.78, 5) is 25.2. The SMILES string of the molecule is CC(OC(C)(C)C)C(OC(N)=O)c1nnc(C(N)CCC(=O)NC(c2ccccc2)(c2ccccc2)c2ccccc2)o1. The predicted molar refractivity (Wildman–Crippen MR) is 162 cm³/mol. The van der Waals surface area contributed by atoms with Crippen LogP contribution in [0.4, 0.5) is 4.79 Å². The molecule has 1 heterocycles. The average molecular weight is 586 g/mol. The second kappa shape index (κ2) is 13.6. The van der Waals surface area contributed by atoms with E-state index >= 15 is 0 Å². The summed E-state index contributed by atoms with van der Waals surface area (Å²) in [5, 5.41) is 11.4. The lowest BCUT2D eigenvalue weighted by atomic mass is 9.77. The molecule has 4 aromatic rings. The van der Waals surface area contributed by atoms with Gasteiger partial charge in [0.2, 0.25) is 17.9 Å². The Morgan fingerprint density at radius 2 is 1.30 bits per heavy atom. The smallest absolute Gasteiger partial charge is 0.405 e. The third kappa shape index (κ3) is 7.85. The first kappa shape index (κ1) is 31.4. The van der Waals surface area contributed by atoms with Gasteiger partial charge < -0.3 is 30.7 Å². The minimum absolute atomic E-state index is 0.00158. The van der Waals surface area contributed by atoms with Gasteiger partial charge in [0.1, 0.15) is 11.6 Å². The van der Waals surface area contributed by atoms with E-state index in [1.165, 1.54) is 0 Å². The number of hydrogen-bond donors (Lipinski definition) is 3. The summed E-state index contributed by atoms with van der Waals surface area (Å²) in [6.07, 6.45) is -2.37. The summed E-state index contributed by atoms with van der Waals surface area (Å²) in [5.74, 6) is -0.111. The molecule has 226 valence electrons. The zero-order chi connectivity index (χ0) is 31.0. The van der Waals surface area contributed by atoms with Gasteiger partial charge in [-0.25, -0.2) is 4.79 Å². The number of carbonyl (C=O) groups excluding carboxylic acids is 2. The van der Waals surface area contributed by atoms with Crippen LogP contribution >= 0.6 is 0 Å². The molecule has 0 bridgehead atoms. The normalized spacial score (nSPS) is 14.0. The summed E-state index contributed by atoms with van der Waals surface area (Å²) < 4.78 is 16.9. The number of hydrogen-bond acceptors (Lipinski definition) is 8. The molecule has 5 N–H and O–H groups in total. The Kier molecular flexibility index (Phi) is 9.95. The van der Waals surface area contributed by atoms with E-state index < -0.39 is 35.5 Å². The fourth-order valence-corrected chi connectivity index (χ4v) is 5.07. The van der Waals surface area contributed by atoms with E-state index in [1.54, 1.807) is 6.92 Å². The van der Waals surface area contributed by atoms with Crippen LogP contribution < -0.4 is 16.8 Å². The molecule has 0 spiro atoms.